The van der Waals surface area contributed by atoms with Crippen LogP contribution in [0.15, 0.2) is 41.3 Å². The number of hydrogen-bond donors (Lipinski definition) is 1. The van der Waals surface area contributed by atoms with E-state index in [4.69, 9.17) is 4.74 Å². The number of carbonyl (C=O) groups excluding carboxylic acids is 1. The highest BCUT2D eigenvalue weighted by atomic mass is 32.2. The van der Waals surface area contributed by atoms with E-state index in [0.29, 0.717) is 43.3 Å². The molecule has 1 heterocycles. The van der Waals surface area contributed by atoms with Crippen molar-refractivity contribution >= 4 is 27.3 Å². The molecule has 0 unspecified atom stereocenters. The van der Waals surface area contributed by atoms with Gasteiger partial charge in [-0.05, 0) is 80.1 Å². The summed E-state index contributed by atoms with van der Waals surface area (Å²) in [6, 6.07) is 10.2. The molecule has 3 rings (SSSR count). The first-order chi connectivity index (χ1) is 14.2. The highest BCUT2D eigenvalue weighted by molar-refractivity contribution is 7.92. The summed E-state index contributed by atoms with van der Waals surface area (Å²) in [7, 11) is -3.73. The van der Waals surface area contributed by atoms with E-state index >= 15 is 0 Å². The summed E-state index contributed by atoms with van der Waals surface area (Å²) >= 11 is 0. The monoisotopic (exact) mass is 430 g/mol. The molecule has 0 bridgehead atoms. The first-order valence-corrected chi connectivity index (χ1v) is 11.9. The Labute approximate surface area is 179 Å². The fraction of sp³-hybridized carbons (Fsp3) is 0.435. The predicted octanol–water partition coefficient (Wildman–Crippen LogP) is 4.52. The average molecular weight is 431 g/mol. The summed E-state index contributed by atoms with van der Waals surface area (Å²) in [5, 5.41) is 0. The van der Waals surface area contributed by atoms with E-state index in [1.165, 1.54) is 0 Å². The number of nitrogens with zero attached hydrogens (tertiary/aromatic N) is 1. The van der Waals surface area contributed by atoms with Crippen LogP contribution in [0.5, 0.6) is 5.75 Å². The number of sulfonamides is 1. The minimum Gasteiger partial charge on any atom is -0.494 e. The van der Waals surface area contributed by atoms with E-state index < -0.39 is 10.0 Å². The number of amides is 1. The van der Waals surface area contributed by atoms with E-state index in [1.54, 1.807) is 24.3 Å². The van der Waals surface area contributed by atoms with Crippen molar-refractivity contribution in [3.8, 4) is 5.75 Å². The number of carbonyl (C=O) groups is 1. The third kappa shape index (κ3) is 4.95. The number of benzene rings is 2. The number of anilines is 2. The minimum absolute atomic E-state index is 0.126. The van der Waals surface area contributed by atoms with Gasteiger partial charge in [0, 0.05) is 24.3 Å². The number of aryl methyl sites for hydroxylation is 2. The summed E-state index contributed by atoms with van der Waals surface area (Å²) in [6.45, 7) is 9.19. The van der Waals surface area contributed by atoms with Crippen LogP contribution in [-0.4, -0.2) is 27.5 Å². The molecule has 7 heteroatoms. The van der Waals surface area contributed by atoms with Gasteiger partial charge in [-0.3, -0.25) is 9.52 Å². The lowest BCUT2D eigenvalue weighted by Gasteiger charge is -2.30. The summed E-state index contributed by atoms with van der Waals surface area (Å²) < 4.78 is 33.9. The van der Waals surface area contributed by atoms with Gasteiger partial charge in [-0.15, -0.1) is 0 Å². The first-order valence-electron chi connectivity index (χ1n) is 10.4. The van der Waals surface area contributed by atoms with Crippen molar-refractivity contribution in [2.75, 3.05) is 22.8 Å². The van der Waals surface area contributed by atoms with Crippen LogP contribution in [0.1, 0.15) is 44.7 Å². The molecule has 0 saturated carbocycles. The second-order valence-corrected chi connectivity index (χ2v) is 9.72. The first kappa shape index (κ1) is 22.2. The molecule has 0 saturated heterocycles. The fourth-order valence-electron chi connectivity index (χ4n) is 3.58. The topological polar surface area (TPSA) is 75.7 Å². The molecule has 6 nitrogen and oxygen atoms in total. The van der Waals surface area contributed by atoms with Gasteiger partial charge in [0.05, 0.1) is 11.5 Å². The highest BCUT2D eigenvalue weighted by Crippen LogP contribution is 2.32. The zero-order valence-corrected chi connectivity index (χ0v) is 18.9. The van der Waals surface area contributed by atoms with E-state index in [1.807, 2.05) is 30.9 Å². The molecule has 2 aromatic rings. The Balaban J connectivity index is 1.82. The molecule has 1 N–H and O–H groups in total. The second-order valence-electron chi connectivity index (χ2n) is 8.04. The number of nitrogens with one attached hydrogen (secondary N) is 1. The van der Waals surface area contributed by atoms with Gasteiger partial charge in [-0.25, -0.2) is 8.42 Å². The zero-order chi connectivity index (χ0) is 21.9. The molecule has 1 aliphatic rings. The maximum Gasteiger partial charge on any atom is 0.261 e. The SMILES string of the molecule is CCOc1ccc(S(=O)(=O)Nc2ccc3c(c2)CCC(=O)N3CCC(C)C)cc1C. The third-order valence-electron chi connectivity index (χ3n) is 5.22. The van der Waals surface area contributed by atoms with Crippen LogP contribution in [0, 0.1) is 12.8 Å². The van der Waals surface area contributed by atoms with Gasteiger partial charge in [-0.2, -0.15) is 0 Å². The number of hydrogen-bond acceptors (Lipinski definition) is 4. The Bertz CT molecular complexity index is 1030. The van der Waals surface area contributed by atoms with Gasteiger partial charge < -0.3 is 9.64 Å². The lowest BCUT2D eigenvalue weighted by atomic mass is 9.99. The largest absolute Gasteiger partial charge is 0.494 e. The van der Waals surface area contributed by atoms with Gasteiger partial charge in [-0.1, -0.05) is 13.8 Å². The van der Waals surface area contributed by atoms with Crippen molar-refractivity contribution in [3.63, 3.8) is 0 Å². The summed E-state index contributed by atoms with van der Waals surface area (Å²) in [5.74, 6) is 1.31. The van der Waals surface area contributed by atoms with E-state index in [0.717, 1.165) is 23.2 Å². The smallest absolute Gasteiger partial charge is 0.261 e. The van der Waals surface area contributed by atoms with E-state index in [2.05, 4.69) is 18.6 Å². The van der Waals surface area contributed by atoms with Crippen molar-refractivity contribution in [1.29, 1.82) is 0 Å². The predicted molar refractivity (Wildman–Crippen MR) is 120 cm³/mol. The van der Waals surface area contributed by atoms with Crippen LogP contribution >= 0.6 is 0 Å². The van der Waals surface area contributed by atoms with Gasteiger partial charge in [0.25, 0.3) is 10.0 Å². The Morgan fingerprint density at radius 3 is 2.57 bits per heavy atom. The van der Waals surface area contributed by atoms with Crippen LogP contribution in [0.25, 0.3) is 0 Å². The molecule has 0 aromatic heterocycles. The molecule has 162 valence electrons. The molecule has 0 aliphatic carbocycles. The number of rotatable bonds is 8. The van der Waals surface area contributed by atoms with Crippen molar-refractivity contribution in [2.24, 2.45) is 5.92 Å². The Hall–Kier alpha value is -2.54. The maximum absolute atomic E-state index is 12.9. The standard InChI is InChI=1S/C23H30N2O4S/c1-5-29-22-10-8-20(14-17(22)4)30(27,28)24-19-7-9-21-18(15-19)6-11-23(26)25(21)13-12-16(2)3/h7-10,14-16,24H,5-6,11-13H2,1-4H3. The van der Waals surface area contributed by atoms with Gasteiger partial charge in [0.1, 0.15) is 5.75 Å². The normalized spacial score (nSPS) is 14.0. The van der Waals surface area contributed by atoms with Crippen molar-refractivity contribution in [2.45, 2.75) is 51.9 Å². The van der Waals surface area contributed by atoms with Crippen LogP contribution in [0.2, 0.25) is 0 Å². The van der Waals surface area contributed by atoms with Gasteiger partial charge in [0.2, 0.25) is 5.91 Å². The van der Waals surface area contributed by atoms with Crippen LogP contribution in [0.3, 0.4) is 0 Å². The van der Waals surface area contributed by atoms with Crippen LogP contribution in [-0.2, 0) is 21.2 Å². The Morgan fingerprint density at radius 1 is 1.13 bits per heavy atom. The molecular formula is C23H30N2O4S. The van der Waals surface area contributed by atoms with Gasteiger partial charge in [0.15, 0.2) is 0 Å². The van der Waals surface area contributed by atoms with Gasteiger partial charge >= 0.3 is 0 Å². The van der Waals surface area contributed by atoms with Crippen LogP contribution < -0.4 is 14.4 Å². The Morgan fingerprint density at radius 2 is 1.90 bits per heavy atom. The minimum atomic E-state index is -3.73. The van der Waals surface area contributed by atoms with Crippen molar-refractivity contribution in [1.82, 2.24) is 0 Å². The Kier molecular flexibility index (Phi) is 6.71. The molecule has 0 atom stereocenters. The molecule has 0 spiro atoms. The number of ether oxygens (including phenoxy) is 1. The third-order valence-corrected chi connectivity index (χ3v) is 6.60. The van der Waals surface area contributed by atoms with E-state index in [-0.39, 0.29) is 10.8 Å². The molecule has 1 aliphatic heterocycles. The highest BCUT2D eigenvalue weighted by Gasteiger charge is 2.25. The molecular weight excluding hydrogens is 400 g/mol. The molecule has 1 amide bonds. The van der Waals surface area contributed by atoms with Crippen LogP contribution in [0.4, 0.5) is 11.4 Å². The van der Waals surface area contributed by atoms with Crippen molar-refractivity contribution in [3.05, 3.63) is 47.5 Å². The summed E-state index contributed by atoms with van der Waals surface area (Å²) in [5.41, 5.74) is 3.14. The lowest BCUT2D eigenvalue weighted by Crippen LogP contribution is -2.36. The average Bonchev–Trinajstić information content (AvgIpc) is 2.68. The lowest BCUT2D eigenvalue weighted by molar-refractivity contribution is -0.118. The van der Waals surface area contributed by atoms with Crippen molar-refractivity contribution < 1.29 is 17.9 Å². The number of fused-ring (bicyclic) bond motifs is 1. The fourth-order valence-corrected chi connectivity index (χ4v) is 4.71. The van der Waals surface area contributed by atoms with E-state index in [9.17, 15) is 13.2 Å². The second kappa shape index (κ2) is 9.08. The maximum atomic E-state index is 12.9. The summed E-state index contributed by atoms with van der Waals surface area (Å²) in [6.07, 6.45) is 1.99. The molecule has 30 heavy (non-hydrogen) atoms. The molecule has 0 fully saturated rings. The summed E-state index contributed by atoms with van der Waals surface area (Å²) in [4.78, 5) is 14.4. The zero-order valence-electron chi connectivity index (χ0n) is 18.1. The molecule has 0 radical (unpaired) electrons. The quantitative estimate of drug-likeness (QED) is 0.668. The molecule has 2 aromatic carbocycles.